The van der Waals surface area contributed by atoms with E-state index in [9.17, 15) is 14.9 Å². The summed E-state index contributed by atoms with van der Waals surface area (Å²) in [6.45, 7) is 22.2. The number of nitriles is 1. The summed E-state index contributed by atoms with van der Waals surface area (Å²) in [6.07, 6.45) is 0.457. The van der Waals surface area contributed by atoms with Gasteiger partial charge in [0.25, 0.3) is 5.56 Å². The van der Waals surface area contributed by atoms with E-state index in [1.807, 2.05) is 6.07 Å². The summed E-state index contributed by atoms with van der Waals surface area (Å²) < 4.78 is 20.7. The first-order chi connectivity index (χ1) is 14.4. The molecule has 1 aliphatic heterocycles. The zero-order valence-corrected chi connectivity index (χ0v) is 23.2. The van der Waals surface area contributed by atoms with Gasteiger partial charge in [0.1, 0.15) is 24.0 Å². The minimum Gasteiger partial charge on any atom is -0.414 e. The standard InChI is InChI=1S/C22H39N3O5Si2/c1-21(2,3)31(7,8)28-14-17-16(30-32(9,10)22(4,5)6)11-18(29-17)25-13-15(12-23)19(26)24-20(25)27/h13,16-18H,11,14H2,1-10H3,(H,24,26,27)/t16-,17+,18+/m0/s1. The highest BCUT2D eigenvalue weighted by atomic mass is 28.4. The van der Waals surface area contributed by atoms with Crippen molar-refractivity contribution in [1.82, 2.24) is 9.55 Å². The van der Waals surface area contributed by atoms with Crippen molar-refractivity contribution in [3.05, 3.63) is 32.6 Å². The molecule has 3 atom stereocenters. The van der Waals surface area contributed by atoms with Gasteiger partial charge in [-0.15, -0.1) is 0 Å². The molecule has 8 nitrogen and oxygen atoms in total. The van der Waals surface area contributed by atoms with Crippen LogP contribution < -0.4 is 11.2 Å². The van der Waals surface area contributed by atoms with Crippen LogP contribution in [0.3, 0.4) is 0 Å². The molecule has 1 N–H and O–H groups in total. The summed E-state index contributed by atoms with van der Waals surface area (Å²) in [7, 11) is -4.13. The van der Waals surface area contributed by atoms with E-state index < -0.39 is 34.1 Å². The predicted molar refractivity (Wildman–Crippen MR) is 130 cm³/mol. The number of hydrogen-bond acceptors (Lipinski definition) is 6. The average Bonchev–Trinajstić information content (AvgIpc) is 3.00. The van der Waals surface area contributed by atoms with Crippen LogP contribution >= 0.6 is 0 Å². The van der Waals surface area contributed by atoms with E-state index in [0.29, 0.717) is 13.0 Å². The van der Waals surface area contributed by atoms with Crippen LogP contribution in [0.5, 0.6) is 0 Å². The van der Waals surface area contributed by atoms with Crippen LogP contribution in [0.15, 0.2) is 15.8 Å². The molecule has 10 heteroatoms. The molecule has 0 aromatic carbocycles. The zero-order chi connectivity index (χ0) is 24.7. The summed E-state index contributed by atoms with van der Waals surface area (Å²) in [5.74, 6) is 0. The Hall–Kier alpha value is -1.52. The van der Waals surface area contributed by atoms with Crippen molar-refractivity contribution in [2.45, 2.75) is 103 Å². The minimum atomic E-state index is -2.12. The second-order valence-corrected chi connectivity index (χ2v) is 21.2. The largest absolute Gasteiger partial charge is 0.414 e. The van der Waals surface area contributed by atoms with Crippen molar-refractivity contribution < 1.29 is 13.6 Å². The number of H-pyrrole nitrogens is 1. The Balaban J connectivity index is 2.36. The van der Waals surface area contributed by atoms with Gasteiger partial charge in [0.15, 0.2) is 16.6 Å². The molecular weight excluding hydrogens is 442 g/mol. The Morgan fingerprint density at radius 1 is 1.12 bits per heavy atom. The predicted octanol–water partition coefficient (Wildman–Crippen LogP) is 4.11. The highest BCUT2D eigenvalue weighted by molar-refractivity contribution is 6.74. The summed E-state index contributed by atoms with van der Waals surface area (Å²) in [6, 6.07) is 1.83. The lowest BCUT2D eigenvalue weighted by Gasteiger charge is -2.40. The highest BCUT2D eigenvalue weighted by Crippen LogP contribution is 2.42. The molecule has 0 saturated carbocycles. The second kappa shape index (κ2) is 9.02. The fourth-order valence-electron chi connectivity index (χ4n) is 2.99. The monoisotopic (exact) mass is 481 g/mol. The maximum atomic E-state index is 12.5. The third-order valence-electron chi connectivity index (χ3n) is 7.25. The van der Waals surface area contributed by atoms with E-state index in [2.05, 4.69) is 72.7 Å². The van der Waals surface area contributed by atoms with Gasteiger partial charge in [-0.1, -0.05) is 41.5 Å². The lowest BCUT2D eigenvalue weighted by molar-refractivity contribution is -0.0412. The van der Waals surface area contributed by atoms with E-state index in [0.717, 1.165) is 0 Å². The molecule has 32 heavy (non-hydrogen) atoms. The van der Waals surface area contributed by atoms with Gasteiger partial charge < -0.3 is 13.6 Å². The summed E-state index contributed by atoms with van der Waals surface area (Å²) >= 11 is 0. The van der Waals surface area contributed by atoms with Crippen LogP contribution in [-0.4, -0.2) is 45.0 Å². The van der Waals surface area contributed by atoms with Gasteiger partial charge >= 0.3 is 5.69 Å². The molecule has 1 aliphatic rings. The van der Waals surface area contributed by atoms with Crippen molar-refractivity contribution in [3.8, 4) is 6.07 Å². The van der Waals surface area contributed by atoms with Gasteiger partial charge in [-0.05, 0) is 36.3 Å². The Morgan fingerprint density at radius 3 is 2.19 bits per heavy atom. The van der Waals surface area contributed by atoms with E-state index in [1.165, 1.54) is 10.8 Å². The average molecular weight is 482 g/mol. The molecule has 0 spiro atoms. The summed E-state index contributed by atoms with van der Waals surface area (Å²) in [5.41, 5.74) is -1.43. The second-order valence-electron chi connectivity index (χ2n) is 11.7. The normalized spacial score (nSPS) is 22.7. The van der Waals surface area contributed by atoms with Crippen LogP contribution in [-0.2, 0) is 13.6 Å². The minimum absolute atomic E-state index is 0.0126. The molecule has 1 fully saturated rings. The molecule has 1 aromatic rings. The molecule has 0 amide bonds. The third-order valence-corrected chi connectivity index (χ3v) is 16.3. The van der Waals surface area contributed by atoms with Crippen molar-refractivity contribution in [1.29, 1.82) is 5.26 Å². The van der Waals surface area contributed by atoms with Gasteiger partial charge in [-0.25, -0.2) is 4.79 Å². The van der Waals surface area contributed by atoms with Gasteiger partial charge in [-0.2, -0.15) is 5.26 Å². The van der Waals surface area contributed by atoms with Crippen molar-refractivity contribution in [3.63, 3.8) is 0 Å². The number of aromatic amines is 1. The molecular formula is C22H39N3O5Si2. The SMILES string of the molecule is CC(C)(C)[Si](C)(C)OC[C@H]1O[C@@H](n2cc(C#N)c(=O)[nH]c2=O)C[C@@H]1O[Si](C)(C)C(C)(C)C. The number of rotatable bonds is 6. The smallest absolute Gasteiger partial charge is 0.330 e. The molecule has 180 valence electrons. The molecule has 1 saturated heterocycles. The molecule has 0 unspecified atom stereocenters. The molecule has 0 bridgehead atoms. The first-order valence-electron chi connectivity index (χ1n) is 11.1. The van der Waals surface area contributed by atoms with Gasteiger partial charge in [0, 0.05) is 12.6 Å². The Bertz CT molecular complexity index is 979. The summed E-state index contributed by atoms with van der Waals surface area (Å²) in [4.78, 5) is 26.5. The first-order valence-corrected chi connectivity index (χ1v) is 16.9. The fraction of sp³-hybridized carbons (Fsp3) is 0.773. The number of nitrogens with one attached hydrogen (secondary N) is 1. The molecule has 2 heterocycles. The Labute approximate surface area is 193 Å². The van der Waals surface area contributed by atoms with E-state index in [1.54, 1.807) is 0 Å². The van der Waals surface area contributed by atoms with Gasteiger partial charge in [-0.3, -0.25) is 14.3 Å². The van der Waals surface area contributed by atoms with Crippen LogP contribution in [0.25, 0.3) is 0 Å². The first kappa shape index (κ1) is 26.7. The molecule has 1 aromatic heterocycles. The lowest BCUT2D eigenvalue weighted by atomic mass is 10.2. The van der Waals surface area contributed by atoms with Crippen molar-refractivity contribution >= 4 is 16.6 Å². The number of ether oxygens (including phenoxy) is 1. The number of aromatic nitrogens is 2. The van der Waals surface area contributed by atoms with E-state index in [4.69, 9.17) is 13.6 Å². The van der Waals surface area contributed by atoms with Crippen molar-refractivity contribution in [2.75, 3.05) is 6.61 Å². The van der Waals surface area contributed by atoms with Gasteiger partial charge in [0.05, 0.1) is 12.7 Å². The molecule has 0 radical (unpaired) electrons. The summed E-state index contributed by atoms with van der Waals surface area (Å²) in [5, 5.41) is 9.28. The molecule has 0 aliphatic carbocycles. The zero-order valence-electron chi connectivity index (χ0n) is 21.2. The van der Waals surface area contributed by atoms with Gasteiger partial charge in [0.2, 0.25) is 0 Å². The Morgan fingerprint density at radius 2 is 1.69 bits per heavy atom. The number of hydrogen-bond donors (Lipinski definition) is 1. The Kier molecular flexibility index (Phi) is 7.54. The lowest BCUT2D eigenvalue weighted by Crippen LogP contribution is -2.48. The van der Waals surface area contributed by atoms with Crippen molar-refractivity contribution in [2.24, 2.45) is 0 Å². The van der Waals surface area contributed by atoms with Crippen LogP contribution in [0, 0.1) is 11.3 Å². The maximum Gasteiger partial charge on any atom is 0.330 e. The van der Waals surface area contributed by atoms with Crippen LogP contribution in [0.2, 0.25) is 36.3 Å². The van der Waals surface area contributed by atoms with E-state index in [-0.39, 0.29) is 27.8 Å². The maximum absolute atomic E-state index is 12.5. The third kappa shape index (κ3) is 5.69. The fourth-order valence-corrected chi connectivity index (χ4v) is 5.36. The van der Waals surface area contributed by atoms with E-state index >= 15 is 0 Å². The topological polar surface area (TPSA) is 106 Å². The highest BCUT2D eigenvalue weighted by Gasteiger charge is 2.46. The molecule has 2 rings (SSSR count). The quantitative estimate of drug-likeness (QED) is 0.613. The number of nitrogens with zero attached hydrogens (tertiary/aromatic N) is 2. The van der Waals surface area contributed by atoms with Crippen LogP contribution in [0.1, 0.15) is 59.8 Å². The van der Waals surface area contributed by atoms with Crippen LogP contribution in [0.4, 0.5) is 0 Å².